The highest BCUT2D eigenvalue weighted by atomic mass is 32.2. The molecule has 1 aliphatic rings. The van der Waals surface area contributed by atoms with E-state index in [1.807, 2.05) is 55.4 Å². The lowest BCUT2D eigenvalue weighted by molar-refractivity contribution is -0.173. The van der Waals surface area contributed by atoms with E-state index in [-0.39, 0.29) is 6.10 Å². The van der Waals surface area contributed by atoms with E-state index in [2.05, 4.69) is 10.0 Å². The Labute approximate surface area is 151 Å². The van der Waals surface area contributed by atoms with Crippen LogP contribution in [0.3, 0.4) is 0 Å². The molecule has 1 aromatic carbocycles. The Balaban J connectivity index is 2.08. The second-order valence-corrected chi connectivity index (χ2v) is 9.41. The average molecular weight is 366 g/mol. The van der Waals surface area contributed by atoms with Crippen LogP contribution in [0.4, 0.5) is 0 Å². The van der Waals surface area contributed by atoms with Crippen molar-refractivity contribution in [3.8, 4) is 0 Å². The SMILES string of the molecule is CC(C)(C)S(=O)N(Cc1ccccc1)CC1CCC(N=[N+]=[N-])C(O)O1. The van der Waals surface area contributed by atoms with Gasteiger partial charge in [0.1, 0.15) is 11.0 Å². The molecule has 1 N–H and O–H groups in total. The monoisotopic (exact) mass is 366 g/mol. The van der Waals surface area contributed by atoms with E-state index in [1.54, 1.807) is 0 Å². The highest BCUT2D eigenvalue weighted by Crippen LogP contribution is 2.25. The third-order valence-electron chi connectivity index (χ3n) is 4.01. The van der Waals surface area contributed by atoms with E-state index in [0.29, 0.717) is 25.9 Å². The summed E-state index contributed by atoms with van der Waals surface area (Å²) < 4.78 is 20.0. The zero-order chi connectivity index (χ0) is 18.4. The predicted molar refractivity (Wildman–Crippen MR) is 97.8 cm³/mol. The Morgan fingerprint density at radius 1 is 1.36 bits per heavy atom. The second-order valence-electron chi connectivity index (χ2n) is 7.17. The molecule has 8 heteroatoms. The molecule has 1 fully saturated rings. The van der Waals surface area contributed by atoms with Crippen LogP contribution in [0, 0.1) is 0 Å². The number of aliphatic hydroxyl groups is 1. The molecule has 4 unspecified atom stereocenters. The summed E-state index contributed by atoms with van der Waals surface area (Å²) in [5.41, 5.74) is 9.59. The summed E-state index contributed by atoms with van der Waals surface area (Å²) in [4.78, 5) is 2.74. The molecule has 0 radical (unpaired) electrons. The van der Waals surface area contributed by atoms with Gasteiger partial charge in [-0.05, 0) is 44.7 Å². The van der Waals surface area contributed by atoms with Crippen LogP contribution < -0.4 is 0 Å². The minimum atomic E-state index is -1.21. The maximum atomic E-state index is 12.9. The zero-order valence-corrected chi connectivity index (χ0v) is 15.7. The van der Waals surface area contributed by atoms with E-state index in [9.17, 15) is 9.32 Å². The summed E-state index contributed by atoms with van der Waals surface area (Å²) in [6, 6.07) is 9.31. The second kappa shape index (κ2) is 8.78. The van der Waals surface area contributed by atoms with Crippen LogP contribution in [-0.4, -0.2) is 43.3 Å². The Hall–Kier alpha value is -1.44. The van der Waals surface area contributed by atoms with Crippen LogP contribution in [0.2, 0.25) is 0 Å². The van der Waals surface area contributed by atoms with Gasteiger partial charge in [0, 0.05) is 18.0 Å². The number of ether oxygens (including phenoxy) is 1. The van der Waals surface area contributed by atoms with Crippen molar-refractivity contribution in [2.75, 3.05) is 6.54 Å². The fourth-order valence-corrected chi connectivity index (χ4v) is 4.11. The van der Waals surface area contributed by atoms with E-state index in [0.717, 1.165) is 5.56 Å². The average Bonchev–Trinajstić information content (AvgIpc) is 2.56. The summed E-state index contributed by atoms with van der Waals surface area (Å²) in [5, 5.41) is 13.5. The van der Waals surface area contributed by atoms with E-state index >= 15 is 0 Å². The van der Waals surface area contributed by atoms with Gasteiger partial charge in [-0.25, -0.2) is 8.51 Å². The normalized spacial score (nSPS) is 25.4. The van der Waals surface area contributed by atoms with Gasteiger partial charge in [0.15, 0.2) is 6.29 Å². The molecule has 0 aromatic heterocycles. The number of nitrogens with zero attached hydrogens (tertiary/aromatic N) is 4. The van der Waals surface area contributed by atoms with Crippen LogP contribution in [0.5, 0.6) is 0 Å². The van der Waals surface area contributed by atoms with Gasteiger partial charge in [-0.2, -0.15) is 0 Å². The Morgan fingerprint density at radius 3 is 2.60 bits per heavy atom. The van der Waals surface area contributed by atoms with Crippen molar-refractivity contribution in [2.45, 2.75) is 63.3 Å². The largest absolute Gasteiger partial charge is 0.368 e. The summed E-state index contributed by atoms with van der Waals surface area (Å²) >= 11 is 0. The number of hydrogen-bond acceptors (Lipinski definition) is 4. The van der Waals surface area contributed by atoms with Crippen molar-refractivity contribution in [2.24, 2.45) is 5.11 Å². The molecule has 1 aliphatic heterocycles. The summed E-state index contributed by atoms with van der Waals surface area (Å²) in [5.74, 6) is 0. The van der Waals surface area contributed by atoms with Crippen molar-refractivity contribution in [1.29, 1.82) is 0 Å². The number of benzene rings is 1. The molecule has 1 aromatic rings. The molecule has 0 amide bonds. The fourth-order valence-electron chi connectivity index (χ4n) is 2.76. The summed E-state index contributed by atoms with van der Waals surface area (Å²) in [7, 11) is -1.21. The molecule has 7 nitrogen and oxygen atoms in total. The third kappa shape index (κ3) is 5.80. The lowest BCUT2D eigenvalue weighted by Gasteiger charge is -2.36. The molecule has 4 atom stereocenters. The van der Waals surface area contributed by atoms with Crippen LogP contribution in [0.25, 0.3) is 10.4 Å². The van der Waals surface area contributed by atoms with Gasteiger partial charge < -0.3 is 9.84 Å². The Bertz CT molecular complexity index is 629. The van der Waals surface area contributed by atoms with Crippen molar-refractivity contribution in [3.05, 3.63) is 46.3 Å². The molecule has 0 spiro atoms. The lowest BCUT2D eigenvalue weighted by atomic mass is 10.0. The van der Waals surface area contributed by atoms with Crippen LogP contribution in [-0.2, 0) is 22.3 Å². The predicted octanol–water partition coefficient (Wildman–Crippen LogP) is 3.13. The van der Waals surface area contributed by atoms with Gasteiger partial charge >= 0.3 is 0 Å². The molecule has 2 rings (SSSR count). The summed E-state index contributed by atoms with van der Waals surface area (Å²) in [6.45, 7) is 6.80. The molecular formula is C17H26N4O3S. The van der Waals surface area contributed by atoms with Gasteiger partial charge in [0.2, 0.25) is 0 Å². The number of aliphatic hydroxyl groups excluding tert-OH is 1. The molecule has 25 heavy (non-hydrogen) atoms. The molecule has 138 valence electrons. The topological polar surface area (TPSA) is 98.5 Å². The standard InChI is InChI=1S/C17H26N4O3S/c1-17(2,3)25(23)21(11-13-7-5-4-6-8-13)12-14-9-10-15(19-20-18)16(22)24-14/h4-8,14-16,22H,9-12H2,1-3H3. The minimum absolute atomic E-state index is 0.254. The molecule has 0 aliphatic carbocycles. The summed E-state index contributed by atoms with van der Waals surface area (Å²) in [6.07, 6.45) is -0.170. The zero-order valence-electron chi connectivity index (χ0n) is 14.9. The molecule has 1 saturated heterocycles. The first kappa shape index (κ1) is 19.9. The molecule has 1 heterocycles. The number of hydrogen-bond donors (Lipinski definition) is 1. The van der Waals surface area contributed by atoms with Crippen molar-refractivity contribution in [1.82, 2.24) is 4.31 Å². The molecular weight excluding hydrogens is 340 g/mol. The highest BCUT2D eigenvalue weighted by Gasteiger charge is 2.33. The maximum absolute atomic E-state index is 12.9. The van der Waals surface area contributed by atoms with Crippen molar-refractivity contribution in [3.63, 3.8) is 0 Å². The van der Waals surface area contributed by atoms with Crippen molar-refractivity contribution >= 4 is 11.0 Å². The van der Waals surface area contributed by atoms with E-state index in [4.69, 9.17) is 10.3 Å². The first-order chi connectivity index (χ1) is 11.8. The smallest absolute Gasteiger partial charge is 0.163 e. The van der Waals surface area contributed by atoms with E-state index < -0.39 is 28.1 Å². The number of azide groups is 1. The van der Waals surface area contributed by atoms with Gasteiger partial charge in [-0.1, -0.05) is 35.4 Å². The van der Waals surface area contributed by atoms with Crippen LogP contribution in [0.15, 0.2) is 35.4 Å². The fraction of sp³-hybridized carbons (Fsp3) is 0.647. The number of rotatable bonds is 6. The van der Waals surface area contributed by atoms with Gasteiger partial charge in [-0.15, -0.1) is 0 Å². The van der Waals surface area contributed by atoms with Gasteiger partial charge in [0.25, 0.3) is 0 Å². The van der Waals surface area contributed by atoms with Crippen molar-refractivity contribution < 1.29 is 14.1 Å². The third-order valence-corrected chi connectivity index (χ3v) is 5.81. The maximum Gasteiger partial charge on any atom is 0.163 e. The molecule has 0 saturated carbocycles. The van der Waals surface area contributed by atoms with Gasteiger partial charge in [0.05, 0.1) is 16.9 Å². The molecule has 0 bridgehead atoms. The Kier molecular flexibility index (Phi) is 6.98. The highest BCUT2D eigenvalue weighted by molar-refractivity contribution is 7.84. The first-order valence-electron chi connectivity index (χ1n) is 8.40. The minimum Gasteiger partial charge on any atom is -0.368 e. The van der Waals surface area contributed by atoms with Gasteiger partial charge in [-0.3, -0.25) is 0 Å². The van der Waals surface area contributed by atoms with Crippen LogP contribution >= 0.6 is 0 Å². The van der Waals surface area contributed by atoms with Crippen LogP contribution in [0.1, 0.15) is 39.2 Å². The quantitative estimate of drug-likeness (QED) is 0.475. The Morgan fingerprint density at radius 2 is 2.04 bits per heavy atom. The first-order valence-corrected chi connectivity index (χ1v) is 9.50. The lowest BCUT2D eigenvalue weighted by Crippen LogP contribution is -2.46. The van der Waals surface area contributed by atoms with E-state index in [1.165, 1.54) is 0 Å².